The van der Waals surface area contributed by atoms with E-state index in [0.29, 0.717) is 62.1 Å². The molecule has 12 nitrogen and oxygen atoms in total. The van der Waals surface area contributed by atoms with Crippen LogP contribution in [0.1, 0.15) is 0 Å². The Bertz CT molecular complexity index is 1980. The summed E-state index contributed by atoms with van der Waals surface area (Å²) in [5.74, 6) is 1.17. The van der Waals surface area contributed by atoms with Crippen molar-refractivity contribution in [2.75, 3.05) is 83.6 Å². The zero-order valence-electron chi connectivity index (χ0n) is 27.4. The SMILES string of the molecule is COc1cc(OC)c(Cl)c(-c2cc3cnc(Nc4ccc(N5CCN(C)CC5)cc4NC(=O)/C=C/CN(C)C)cc3n3ncnc23)c1Cl. The molecule has 6 rings (SSSR count). The number of likely N-dealkylation sites (N-methyl/N-ethyl adjacent to an activating group) is 2. The third-order valence-electron chi connectivity index (χ3n) is 8.20. The zero-order valence-corrected chi connectivity index (χ0v) is 28.9. The van der Waals surface area contributed by atoms with Crippen molar-refractivity contribution < 1.29 is 14.3 Å². The molecule has 1 aliphatic rings. The molecule has 1 amide bonds. The van der Waals surface area contributed by atoms with Crippen LogP contribution in [-0.2, 0) is 4.79 Å². The molecule has 48 heavy (non-hydrogen) atoms. The number of carbonyl (C=O) groups excluding carboxylic acids is 1. The van der Waals surface area contributed by atoms with Gasteiger partial charge in [0.15, 0.2) is 5.65 Å². The predicted molar refractivity (Wildman–Crippen MR) is 193 cm³/mol. The first-order valence-electron chi connectivity index (χ1n) is 15.4. The molecule has 250 valence electrons. The Kier molecular flexibility index (Phi) is 9.88. The fraction of sp³-hybridized carbons (Fsp3) is 0.294. The number of ether oxygens (including phenoxy) is 2. The first-order chi connectivity index (χ1) is 23.2. The number of aromatic nitrogens is 4. The number of halogens is 2. The average molecular weight is 691 g/mol. The van der Waals surface area contributed by atoms with Crippen molar-refractivity contribution in [3.8, 4) is 22.6 Å². The Labute approximate surface area is 288 Å². The summed E-state index contributed by atoms with van der Waals surface area (Å²) in [5, 5.41) is 12.4. The van der Waals surface area contributed by atoms with Crippen LogP contribution >= 0.6 is 23.2 Å². The van der Waals surface area contributed by atoms with Gasteiger partial charge in [0.25, 0.3) is 0 Å². The van der Waals surface area contributed by atoms with Crippen molar-refractivity contribution >= 4 is 68.5 Å². The van der Waals surface area contributed by atoms with E-state index in [1.807, 2.05) is 49.3 Å². The lowest BCUT2D eigenvalue weighted by atomic mass is 10.0. The summed E-state index contributed by atoms with van der Waals surface area (Å²) >= 11 is 13.6. The van der Waals surface area contributed by atoms with Crippen LogP contribution in [0, 0.1) is 0 Å². The minimum absolute atomic E-state index is 0.217. The highest BCUT2D eigenvalue weighted by Crippen LogP contribution is 2.47. The summed E-state index contributed by atoms with van der Waals surface area (Å²) in [7, 11) is 9.09. The normalized spacial score (nSPS) is 14.0. The number of rotatable bonds is 10. The lowest BCUT2D eigenvalue weighted by Crippen LogP contribution is -2.44. The first kappa shape index (κ1) is 33.3. The van der Waals surface area contributed by atoms with Crippen LogP contribution < -0.4 is 25.0 Å². The molecule has 0 bridgehead atoms. The number of nitrogens with one attached hydrogen (secondary N) is 2. The number of pyridine rings is 2. The number of hydrogen-bond acceptors (Lipinski definition) is 10. The van der Waals surface area contributed by atoms with Crippen LogP contribution in [0.4, 0.5) is 22.9 Å². The van der Waals surface area contributed by atoms with Gasteiger partial charge < -0.3 is 34.8 Å². The number of anilines is 4. The molecule has 3 aromatic heterocycles. The summed E-state index contributed by atoms with van der Waals surface area (Å²) in [6, 6.07) is 11.5. The van der Waals surface area contributed by atoms with Gasteiger partial charge in [-0.1, -0.05) is 29.3 Å². The monoisotopic (exact) mass is 689 g/mol. The van der Waals surface area contributed by atoms with Gasteiger partial charge in [-0.15, -0.1) is 0 Å². The largest absolute Gasteiger partial charge is 0.495 e. The lowest BCUT2D eigenvalue weighted by Gasteiger charge is -2.34. The molecule has 1 fully saturated rings. The van der Waals surface area contributed by atoms with E-state index >= 15 is 0 Å². The molecule has 2 N–H and O–H groups in total. The standard InChI is InChI=1S/C34H37Cl2N9O3/c1-42(2)10-6-7-30(46)41-25-16-22(44-13-11-43(3)12-14-44)8-9-24(25)40-29-17-26-21(19-37-29)15-23(34-38-20-39-45(26)34)31-32(35)27(47-4)18-28(48-5)33(31)36/h6-9,15-20H,10-14H2,1-5H3,(H,37,40)(H,41,46)/b7-6+. The molecule has 5 aromatic rings. The fourth-order valence-corrected chi connectivity index (χ4v) is 6.34. The van der Waals surface area contributed by atoms with Gasteiger partial charge in [0.05, 0.1) is 41.2 Å². The number of hydrogen-bond donors (Lipinski definition) is 2. The quantitative estimate of drug-likeness (QED) is 0.174. The van der Waals surface area contributed by atoms with Crippen LogP contribution in [0.2, 0.25) is 10.0 Å². The number of nitrogens with zero attached hydrogens (tertiary/aromatic N) is 7. The Balaban J connectivity index is 1.38. The smallest absolute Gasteiger partial charge is 0.248 e. The topological polar surface area (TPSA) is 112 Å². The van der Waals surface area contributed by atoms with E-state index in [0.717, 1.165) is 42.8 Å². The van der Waals surface area contributed by atoms with Gasteiger partial charge in [0.1, 0.15) is 23.6 Å². The van der Waals surface area contributed by atoms with Gasteiger partial charge in [0.2, 0.25) is 5.91 Å². The van der Waals surface area contributed by atoms with Crippen molar-refractivity contribution in [1.29, 1.82) is 0 Å². The molecule has 0 atom stereocenters. The lowest BCUT2D eigenvalue weighted by molar-refractivity contribution is -0.111. The highest BCUT2D eigenvalue weighted by atomic mass is 35.5. The van der Waals surface area contributed by atoms with E-state index in [1.165, 1.54) is 20.5 Å². The van der Waals surface area contributed by atoms with E-state index in [1.54, 1.807) is 22.9 Å². The molecule has 0 unspecified atom stereocenters. The second-order valence-electron chi connectivity index (χ2n) is 11.8. The van der Waals surface area contributed by atoms with Crippen LogP contribution in [-0.4, -0.2) is 103 Å². The second-order valence-corrected chi connectivity index (χ2v) is 12.5. The first-order valence-corrected chi connectivity index (χ1v) is 16.1. The molecule has 0 saturated carbocycles. The van der Waals surface area contributed by atoms with Gasteiger partial charge in [-0.25, -0.2) is 14.5 Å². The molecule has 0 aliphatic carbocycles. The van der Waals surface area contributed by atoms with E-state index in [4.69, 9.17) is 37.7 Å². The number of carbonyl (C=O) groups is 1. The van der Waals surface area contributed by atoms with Crippen molar-refractivity contribution in [2.45, 2.75) is 0 Å². The van der Waals surface area contributed by atoms with E-state index in [-0.39, 0.29) is 5.91 Å². The summed E-state index contributed by atoms with van der Waals surface area (Å²) in [4.78, 5) is 28.8. The maximum atomic E-state index is 13.0. The average Bonchev–Trinajstić information content (AvgIpc) is 3.57. The van der Waals surface area contributed by atoms with Crippen LogP contribution in [0.15, 0.2) is 61.1 Å². The van der Waals surface area contributed by atoms with Crippen molar-refractivity contribution in [1.82, 2.24) is 29.4 Å². The molecule has 2 aromatic carbocycles. The van der Waals surface area contributed by atoms with Crippen LogP contribution in [0.25, 0.3) is 27.7 Å². The van der Waals surface area contributed by atoms with Gasteiger partial charge >= 0.3 is 0 Å². The van der Waals surface area contributed by atoms with Gasteiger partial charge in [-0.05, 0) is 45.4 Å². The van der Waals surface area contributed by atoms with Crippen molar-refractivity contribution in [3.63, 3.8) is 0 Å². The van der Waals surface area contributed by atoms with E-state index in [9.17, 15) is 4.79 Å². The maximum absolute atomic E-state index is 13.0. The number of piperazine rings is 1. The molecule has 1 aliphatic heterocycles. The van der Waals surface area contributed by atoms with Crippen LogP contribution in [0.5, 0.6) is 11.5 Å². The van der Waals surface area contributed by atoms with Crippen LogP contribution in [0.3, 0.4) is 0 Å². The zero-order chi connectivity index (χ0) is 33.9. The van der Waals surface area contributed by atoms with Gasteiger partial charge in [0, 0.05) is 79.3 Å². The summed E-state index contributed by atoms with van der Waals surface area (Å²) in [5.41, 5.74) is 4.81. The third-order valence-corrected chi connectivity index (χ3v) is 8.95. The van der Waals surface area contributed by atoms with Crippen molar-refractivity contribution in [2.24, 2.45) is 0 Å². The Morgan fingerprint density at radius 3 is 2.40 bits per heavy atom. The molecule has 4 heterocycles. The Morgan fingerprint density at radius 1 is 0.979 bits per heavy atom. The van der Waals surface area contributed by atoms with E-state index in [2.05, 4.69) is 43.6 Å². The molecular weight excluding hydrogens is 653 g/mol. The summed E-state index contributed by atoms with van der Waals surface area (Å²) < 4.78 is 12.7. The molecular formula is C34H37Cl2N9O3. The Morgan fingerprint density at radius 2 is 1.71 bits per heavy atom. The minimum atomic E-state index is -0.217. The van der Waals surface area contributed by atoms with Crippen molar-refractivity contribution in [3.05, 3.63) is 71.1 Å². The van der Waals surface area contributed by atoms with Gasteiger partial charge in [-0.3, -0.25) is 4.79 Å². The highest BCUT2D eigenvalue weighted by molar-refractivity contribution is 6.41. The number of amides is 1. The molecule has 14 heteroatoms. The Hall–Kier alpha value is -4.62. The number of methoxy groups -OCH3 is 2. The number of fused-ring (bicyclic) bond motifs is 3. The number of benzene rings is 2. The maximum Gasteiger partial charge on any atom is 0.248 e. The predicted octanol–water partition coefficient (Wildman–Crippen LogP) is 5.82. The molecule has 1 saturated heterocycles. The summed E-state index contributed by atoms with van der Waals surface area (Å²) in [6.07, 6.45) is 6.59. The second kappa shape index (κ2) is 14.2. The van der Waals surface area contributed by atoms with E-state index < -0.39 is 0 Å². The minimum Gasteiger partial charge on any atom is -0.495 e. The van der Waals surface area contributed by atoms with Gasteiger partial charge in [-0.2, -0.15) is 5.10 Å². The highest BCUT2D eigenvalue weighted by Gasteiger charge is 2.23. The third kappa shape index (κ3) is 6.83. The summed E-state index contributed by atoms with van der Waals surface area (Å²) in [6.45, 7) is 4.40. The molecule has 0 spiro atoms. The molecule has 0 radical (unpaired) electrons. The fourth-order valence-electron chi connectivity index (χ4n) is 5.63.